The predicted octanol–water partition coefficient (Wildman–Crippen LogP) is 1.93. The Kier molecular flexibility index (Phi) is 5.21. The van der Waals surface area contributed by atoms with E-state index in [0.29, 0.717) is 6.42 Å². The van der Waals surface area contributed by atoms with E-state index in [4.69, 9.17) is 5.73 Å². The monoisotopic (exact) mass is 282 g/mol. The van der Waals surface area contributed by atoms with Crippen LogP contribution >= 0.6 is 0 Å². The average molecular weight is 282 g/mol. The highest BCUT2D eigenvalue weighted by molar-refractivity contribution is 6.02. The molecule has 0 spiro atoms. The molecule has 1 aromatic rings. The molecule has 1 aromatic carbocycles. The van der Waals surface area contributed by atoms with Crippen molar-refractivity contribution < 1.29 is 18.7 Å². The number of carbonyl (C=O) groups excluding carboxylic acids is 2. The lowest BCUT2D eigenvalue weighted by atomic mass is 9.86. The molecule has 0 aliphatic rings. The van der Waals surface area contributed by atoms with Crippen molar-refractivity contribution in [2.45, 2.75) is 20.3 Å². The van der Waals surface area contributed by atoms with Crippen molar-refractivity contribution in [2.24, 2.45) is 11.1 Å². The van der Waals surface area contributed by atoms with E-state index in [2.05, 4.69) is 10.1 Å². The van der Waals surface area contributed by atoms with E-state index in [0.717, 1.165) is 12.1 Å². The van der Waals surface area contributed by atoms with Gasteiger partial charge in [-0.1, -0.05) is 6.92 Å². The number of hydrogen-bond donors (Lipinski definition) is 2. The molecule has 1 rings (SSSR count). The SMILES string of the molecule is CCC(C)(CN)C(=O)Nc1ccc(F)cc1C(=O)OC. The van der Waals surface area contributed by atoms with Crippen LogP contribution in [0, 0.1) is 11.2 Å². The molecule has 0 bridgehead atoms. The molecule has 0 saturated carbocycles. The molecule has 5 nitrogen and oxygen atoms in total. The van der Waals surface area contributed by atoms with Gasteiger partial charge in [-0.05, 0) is 31.5 Å². The first kappa shape index (κ1) is 16.1. The topological polar surface area (TPSA) is 81.4 Å². The lowest BCUT2D eigenvalue weighted by molar-refractivity contribution is -0.124. The van der Waals surface area contributed by atoms with Gasteiger partial charge in [0.2, 0.25) is 5.91 Å². The third-order valence-corrected chi connectivity index (χ3v) is 3.41. The van der Waals surface area contributed by atoms with Crippen molar-refractivity contribution in [1.29, 1.82) is 0 Å². The summed E-state index contributed by atoms with van der Waals surface area (Å²) in [5, 5.41) is 2.61. The Morgan fingerprint density at radius 1 is 1.45 bits per heavy atom. The maximum Gasteiger partial charge on any atom is 0.340 e. The van der Waals surface area contributed by atoms with Gasteiger partial charge in [0.15, 0.2) is 0 Å². The molecule has 1 amide bonds. The fourth-order valence-corrected chi connectivity index (χ4v) is 1.58. The standard InChI is InChI=1S/C14H19FN2O3/c1-4-14(2,8-16)13(19)17-11-6-5-9(15)7-10(11)12(18)20-3/h5-7H,4,8,16H2,1-3H3,(H,17,19). The van der Waals surface area contributed by atoms with E-state index in [9.17, 15) is 14.0 Å². The van der Waals surface area contributed by atoms with Crippen LogP contribution in [0.4, 0.5) is 10.1 Å². The lowest BCUT2D eigenvalue weighted by Gasteiger charge is -2.25. The number of halogens is 1. The normalized spacial score (nSPS) is 13.4. The number of methoxy groups -OCH3 is 1. The van der Waals surface area contributed by atoms with Crippen molar-refractivity contribution >= 4 is 17.6 Å². The summed E-state index contributed by atoms with van der Waals surface area (Å²) < 4.78 is 17.8. The fourth-order valence-electron chi connectivity index (χ4n) is 1.58. The Labute approximate surface area is 117 Å². The van der Waals surface area contributed by atoms with Crippen LogP contribution in [0.5, 0.6) is 0 Å². The van der Waals surface area contributed by atoms with Crippen LogP contribution in [0.2, 0.25) is 0 Å². The zero-order valence-electron chi connectivity index (χ0n) is 11.8. The highest BCUT2D eigenvalue weighted by Crippen LogP contribution is 2.24. The van der Waals surface area contributed by atoms with E-state index in [1.54, 1.807) is 6.92 Å². The summed E-state index contributed by atoms with van der Waals surface area (Å²) >= 11 is 0. The number of carbonyl (C=O) groups is 2. The van der Waals surface area contributed by atoms with Gasteiger partial charge in [0.05, 0.1) is 23.8 Å². The van der Waals surface area contributed by atoms with Crippen LogP contribution in [-0.4, -0.2) is 25.5 Å². The van der Waals surface area contributed by atoms with Crippen molar-refractivity contribution in [3.8, 4) is 0 Å². The zero-order valence-corrected chi connectivity index (χ0v) is 11.8. The molecule has 0 heterocycles. The number of hydrogen-bond acceptors (Lipinski definition) is 4. The van der Waals surface area contributed by atoms with Gasteiger partial charge in [0.25, 0.3) is 0 Å². The molecule has 0 aliphatic carbocycles. The van der Waals surface area contributed by atoms with E-state index < -0.39 is 17.2 Å². The summed E-state index contributed by atoms with van der Waals surface area (Å²) in [5.74, 6) is -1.62. The van der Waals surface area contributed by atoms with Gasteiger partial charge in [-0.3, -0.25) is 4.79 Å². The summed E-state index contributed by atoms with van der Waals surface area (Å²) in [6.07, 6.45) is 0.546. The largest absolute Gasteiger partial charge is 0.465 e. The molecule has 1 atom stereocenters. The maximum atomic E-state index is 13.2. The molecule has 6 heteroatoms. The van der Waals surface area contributed by atoms with Crippen LogP contribution in [-0.2, 0) is 9.53 Å². The first-order valence-electron chi connectivity index (χ1n) is 6.27. The Morgan fingerprint density at radius 2 is 2.10 bits per heavy atom. The van der Waals surface area contributed by atoms with E-state index >= 15 is 0 Å². The third kappa shape index (κ3) is 3.33. The van der Waals surface area contributed by atoms with E-state index in [1.807, 2.05) is 6.92 Å². The van der Waals surface area contributed by atoms with Crippen molar-refractivity contribution in [2.75, 3.05) is 19.0 Å². The quantitative estimate of drug-likeness (QED) is 0.808. The van der Waals surface area contributed by atoms with Gasteiger partial charge in [-0.15, -0.1) is 0 Å². The van der Waals surface area contributed by atoms with Gasteiger partial charge >= 0.3 is 5.97 Å². The molecule has 3 N–H and O–H groups in total. The molecule has 0 aliphatic heterocycles. The Morgan fingerprint density at radius 3 is 2.60 bits per heavy atom. The first-order valence-corrected chi connectivity index (χ1v) is 6.27. The second-order valence-electron chi connectivity index (χ2n) is 4.75. The van der Waals surface area contributed by atoms with Gasteiger partial charge in [0.1, 0.15) is 5.82 Å². The summed E-state index contributed by atoms with van der Waals surface area (Å²) in [6.45, 7) is 3.74. The molecule has 0 aromatic heterocycles. The molecular formula is C14H19FN2O3. The molecular weight excluding hydrogens is 263 g/mol. The number of benzene rings is 1. The summed E-state index contributed by atoms with van der Waals surface area (Å²) in [4.78, 5) is 23.8. The van der Waals surface area contributed by atoms with Crippen LogP contribution in [0.25, 0.3) is 0 Å². The van der Waals surface area contributed by atoms with Crippen LogP contribution in [0.1, 0.15) is 30.6 Å². The molecule has 0 saturated heterocycles. The van der Waals surface area contributed by atoms with Crippen molar-refractivity contribution in [1.82, 2.24) is 0 Å². The second-order valence-corrected chi connectivity index (χ2v) is 4.75. The van der Waals surface area contributed by atoms with Crippen LogP contribution < -0.4 is 11.1 Å². The summed E-state index contributed by atoms with van der Waals surface area (Å²) in [6, 6.07) is 3.51. The minimum atomic E-state index is -0.748. The van der Waals surface area contributed by atoms with Crippen LogP contribution in [0.15, 0.2) is 18.2 Å². The highest BCUT2D eigenvalue weighted by atomic mass is 19.1. The zero-order chi connectivity index (χ0) is 15.3. The average Bonchev–Trinajstić information content (AvgIpc) is 2.47. The number of ether oxygens (including phenoxy) is 1. The van der Waals surface area contributed by atoms with Crippen molar-refractivity contribution in [3.05, 3.63) is 29.6 Å². The number of nitrogens with one attached hydrogen (secondary N) is 1. The smallest absolute Gasteiger partial charge is 0.340 e. The third-order valence-electron chi connectivity index (χ3n) is 3.41. The van der Waals surface area contributed by atoms with Gasteiger partial charge in [-0.2, -0.15) is 0 Å². The molecule has 110 valence electrons. The summed E-state index contributed by atoms with van der Waals surface area (Å²) in [5.41, 5.74) is 5.03. The maximum absolute atomic E-state index is 13.2. The lowest BCUT2D eigenvalue weighted by Crippen LogP contribution is -2.39. The Hall–Kier alpha value is -1.95. The first-order chi connectivity index (χ1) is 9.37. The van der Waals surface area contributed by atoms with Crippen LogP contribution in [0.3, 0.4) is 0 Å². The fraction of sp³-hybridized carbons (Fsp3) is 0.429. The van der Waals surface area contributed by atoms with Gasteiger partial charge in [0, 0.05) is 6.54 Å². The predicted molar refractivity (Wildman–Crippen MR) is 73.8 cm³/mol. The molecule has 1 unspecified atom stereocenters. The Balaban J connectivity index is 3.09. The molecule has 0 radical (unpaired) electrons. The number of nitrogens with two attached hydrogens (primary N) is 1. The summed E-state index contributed by atoms with van der Waals surface area (Å²) in [7, 11) is 1.19. The molecule has 20 heavy (non-hydrogen) atoms. The van der Waals surface area contributed by atoms with Gasteiger partial charge in [-0.25, -0.2) is 9.18 Å². The van der Waals surface area contributed by atoms with E-state index in [1.165, 1.54) is 13.2 Å². The number of anilines is 1. The highest BCUT2D eigenvalue weighted by Gasteiger charge is 2.30. The Bertz CT molecular complexity index is 513. The minimum Gasteiger partial charge on any atom is -0.465 e. The molecule has 0 fully saturated rings. The second kappa shape index (κ2) is 6.47. The number of esters is 1. The minimum absolute atomic E-state index is 0.0312. The number of amides is 1. The number of rotatable bonds is 5. The van der Waals surface area contributed by atoms with E-state index in [-0.39, 0.29) is 23.7 Å². The van der Waals surface area contributed by atoms with Gasteiger partial charge < -0.3 is 15.8 Å². The van der Waals surface area contributed by atoms with Crippen molar-refractivity contribution in [3.63, 3.8) is 0 Å².